The molecule has 3 nitrogen and oxygen atoms in total. The first-order valence-corrected chi connectivity index (χ1v) is 6.45. The molecule has 1 amide bonds. The van der Waals surface area contributed by atoms with Gasteiger partial charge in [-0.25, -0.2) is 4.39 Å². The fourth-order valence-electron chi connectivity index (χ4n) is 1.92. The van der Waals surface area contributed by atoms with E-state index >= 15 is 0 Å². The summed E-state index contributed by atoms with van der Waals surface area (Å²) in [5, 5.41) is 2.73. The van der Waals surface area contributed by atoms with Gasteiger partial charge in [0.25, 0.3) is 0 Å². The number of carbonyl (C=O) groups is 1. The zero-order chi connectivity index (χ0) is 14.5. The van der Waals surface area contributed by atoms with Crippen molar-refractivity contribution in [2.24, 2.45) is 11.7 Å². The van der Waals surface area contributed by atoms with Gasteiger partial charge in [0, 0.05) is 11.7 Å². The summed E-state index contributed by atoms with van der Waals surface area (Å²) in [6.45, 7) is 1.77. The number of hydrogen-bond donors (Lipinski definition) is 2. The summed E-state index contributed by atoms with van der Waals surface area (Å²) in [7, 11) is 0. The lowest BCUT2D eigenvalue weighted by molar-refractivity contribution is -0.120. The molecule has 0 fully saturated rings. The molecule has 0 saturated heterocycles. The number of halogens is 1. The van der Waals surface area contributed by atoms with Crippen LogP contribution in [0.25, 0.3) is 0 Å². The minimum absolute atomic E-state index is 0.187. The van der Waals surface area contributed by atoms with Crippen LogP contribution < -0.4 is 11.1 Å². The second-order valence-corrected chi connectivity index (χ2v) is 4.72. The minimum Gasteiger partial charge on any atom is -0.326 e. The van der Waals surface area contributed by atoms with Gasteiger partial charge >= 0.3 is 0 Å². The van der Waals surface area contributed by atoms with Crippen LogP contribution in [-0.2, 0) is 4.79 Å². The van der Waals surface area contributed by atoms with Crippen LogP contribution >= 0.6 is 0 Å². The average molecular weight is 272 g/mol. The third-order valence-electron chi connectivity index (χ3n) is 3.25. The maximum atomic E-state index is 12.8. The maximum absolute atomic E-state index is 12.8. The van der Waals surface area contributed by atoms with Gasteiger partial charge in [-0.3, -0.25) is 4.79 Å². The molecule has 0 spiro atoms. The molecule has 104 valence electrons. The van der Waals surface area contributed by atoms with Gasteiger partial charge in [0.2, 0.25) is 5.91 Å². The summed E-state index contributed by atoms with van der Waals surface area (Å²) < 4.78 is 12.8. The zero-order valence-electron chi connectivity index (χ0n) is 11.2. The van der Waals surface area contributed by atoms with E-state index in [0.29, 0.717) is 5.69 Å². The van der Waals surface area contributed by atoms with Crippen molar-refractivity contribution >= 4 is 11.6 Å². The molecule has 2 atom stereocenters. The number of benzene rings is 2. The molecule has 0 aliphatic heterocycles. The molecule has 0 aliphatic carbocycles. The van der Waals surface area contributed by atoms with E-state index in [0.717, 1.165) is 5.56 Å². The molecule has 0 radical (unpaired) electrons. The summed E-state index contributed by atoms with van der Waals surface area (Å²) in [5.41, 5.74) is 7.57. The highest BCUT2D eigenvalue weighted by atomic mass is 19.1. The Morgan fingerprint density at radius 1 is 1.10 bits per heavy atom. The molecule has 0 saturated carbocycles. The summed E-state index contributed by atoms with van der Waals surface area (Å²) in [4.78, 5) is 12.1. The lowest BCUT2D eigenvalue weighted by Gasteiger charge is -2.19. The number of carbonyl (C=O) groups excluding carboxylic acids is 1. The Labute approximate surface area is 117 Å². The maximum Gasteiger partial charge on any atom is 0.229 e. The van der Waals surface area contributed by atoms with E-state index in [1.54, 1.807) is 6.92 Å². The monoisotopic (exact) mass is 272 g/mol. The van der Waals surface area contributed by atoms with Gasteiger partial charge in [-0.1, -0.05) is 37.3 Å². The Bertz CT molecular complexity index is 569. The summed E-state index contributed by atoms with van der Waals surface area (Å²) in [6.07, 6.45) is 0. The second-order valence-electron chi connectivity index (χ2n) is 4.72. The van der Waals surface area contributed by atoms with Crippen molar-refractivity contribution in [2.45, 2.75) is 13.0 Å². The predicted molar refractivity (Wildman–Crippen MR) is 77.6 cm³/mol. The molecule has 0 aromatic heterocycles. The van der Waals surface area contributed by atoms with Gasteiger partial charge in [0.05, 0.1) is 5.92 Å². The highest BCUT2D eigenvalue weighted by molar-refractivity contribution is 5.92. The Morgan fingerprint density at radius 2 is 1.70 bits per heavy atom. The molecular formula is C16H17FN2O. The molecule has 2 rings (SSSR count). The normalized spacial score (nSPS) is 13.6. The van der Waals surface area contributed by atoms with Crippen LogP contribution in [0.3, 0.4) is 0 Å². The summed E-state index contributed by atoms with van der Waals surface area (Å²) >= 11 is 0. The summed E-state index contributed by atoms with van der Waals surface area (Å²) in [5.74, 6) is -0.910. The van der Waals surface area contributed by atoms with Crippen LogP contribution in [0.5, 0.6) is 0 Å². The van der Waals surface area contributed by atoms with Crippen LogP contribution in [0.4, 0.5) is 10.1 Å². The first-order valence-electron chi connectivity index (χ1n) is 6.45. The fraction of sp³-hybridized carbons (Fsp3) is 0.188. The lowest BCUT2D eigenvalue weighted by atomic mass is 9.94. The smallest absolute Gasteiger partial charge is 0.229 e. The standard InChI is InChI=1S/C16H17FN2O/c1-11(15(18)12-5-3-2-4-6-12)16(20)19-14-9-7-13(17)8-10-14/h2-11,15H,18H2,1H3,(H,19,20). The van der Waals surface area contributed by atoms with E-state index in [1.165, 1.54) is 24.3 Å². The number of amides is 1. The first kappa shape index (κ1) is 14.2. The third kappa shape index (κ3) is 3.42. The Balaban J connectivity index is 2.03. The molecule has 0 bridgehead atoms. The van der Waals surface area contributed by atoms with Crippen molar-refractivity contribution in [1.82, 2.24) is 0 Å². The molecule has 2 unspecified atom stereocenters. The Kier molecular flexibility index (Phi) is 4.48. The van der Waals surface area contributed by atoms with E-state index in [2.05, 4.69) is 5.32 Å². The van der Waals surface area contributed by atoms with Crippen molar-refractivity contribution < 1.29 is 9.18 Å². The minimum atomic E-state index is -0.387. The average Bonchev–Trinajstić information content (AvgIpc) is 2.49. The molecule has 3 N–H and O–H groups in total. The molecule has 4 heteroatoms. The van der Waals surface area contributed by atoms with Crippen molar-refractivity contribution in [1.29, 1.82) is 0 Å². The van der Waals surface area contributed by atoms with Crippen LogP contribution in [0.15, 0.2) is 54.6 Å². The van der Waals surface area contributed by atoms with E-state index in [9.17, 15) is 9.18 Å². The highest BCUT2D eigenvalue weighted by Gasteiger charge is 2.22. The Hall–Kier alpha value is -2.20. The predicted octanol–water partition coefficient (Wildman–Crippen LogP) is 3.10. The topological polar surface area (TPSA) is 55.1 Å². The number of nitrogens with two attached hydrogens (primary N) is 1. The molecular weight excluding hydrogens is 255 g/mol. The fourth-order valence-corrected chi connectivity index (χ4v) is 1.92. The summed E-state index contributed by atoms with van der Waals surface area (Å²) in [6, 6.07) is 14.7. The van der Waals surface area contributed by atoms with Gasteiger partial charge in [-0.15, -0.1) is 0 Å². The largest absolute Gasteiger partial charge is 0.326 e. The number of anilines is 1. The van der Waals surface area contributed by atoms with Crippen LogP contribution in [0.1, 0.15) is 18.5 Å². The van der Waals surface area contributed by atoms with Gasteiger partial charge in [-0.2, -0.15) is 0 Å². The van der Waals surface area contributed by atoms with Gasteiger partial charge in [0.1, 0.15) is 5.82 Å². The number of rotatable bonds is 4. The van der Waals surface area contributed by atoms with Crippen LogP contribution in [-0.4, -0.2) is 5.91 Å². The Morgan fingerprint density at radius 3 is 2.30 bits per heavy atom. The quantitative estimate of drug-likeness (QED) is 0.898. The van der Waals surface area contributed by atoms with E-state index in [1.807, 2.05) is 30.3 Å². The highest BCUT2D eigenvalue weighted by Crippen LogP contribution is 2.20. The van der Waals surface area contributed by atoms with Crippen molar-refractivity contribution in [3.63, 3.8) is 0 Å². The second kappa shape index (κ2) is 6.30. The molecule has 0 aliphatic rings. The van der Waals surface area contributed by atoms with Gasteiger partial charge < -0.3 is 11.1 Å². The lowest BCUT2D eigenvalue weighted by Crippen LogP contribution is -2.30. The number of nitrogens with one attached hydrogen (secondary N) is 1. The van der Waals surface area contributed by atoms with Crippen LogP contribution in [0.2, 0.25) is 0 Å². The van der Waals surface area contributed by atoms with Gasteiger partial charge in [-0.05, 0) is 29.8 Å². The molecule has 0 heterocycles. The molecule has 20 heavy (non-hydrogen) atoms. The van der Waals surface area contributed by atoms with Gasteiger partial charge in [0.15, 0.2) is 0 Å². The zero-order valence-corrected chi connectivity index (χ0v) is 11.2. The number of hydrogen-bond acceptors (Lipinski definition) is 2. The molecule has 2 aromatic rings. The van der Waals surface area contributed by atoms with Crippen LogP contribution in [0, 0.1) is 11.7 Å². The van der Waals surface area contributed by atoms with Crippen molar-refractivity contribution in [2.75, 3.05) is 5.32 Å². The van der Waals surface area contributed by atoms with Crippen molar-refractivity contribution in [3.05, 3.63) is 66.0 Å². The van der Waals surface area contributed by atoms with E-state index < -0.39 is 0 Å². The third-order valence-corrected chi connectivity index (χ3v) is 3.25. The first-order chi connectivity index (χ1) is 9.58. The SMILES string of the molecule is CC(C(=O)Nc1ccc(F)cc1)C(N)c1ccccc1. The molecule has 2 aromatic carbocycles. The van der Waals surface area contributed by atoms with E-state index in [4.69, 9.17) is 5.73 Å². The van der Waals surface area contributed by atoms with E-state index in [-0.39, 0.29) is 23.7 Å². The van der Waals surface area contributed by atoms with Crippen molar-refractivity contribution in [3.8, 4) is 0 Å².